The second kappa shape index (κ2) is 15.1. The van der Waals surface area contributed by atoms with Crippen molar-refractivity contribution in [3.8, 4) is 12.3 Å². The molecule has 1 aromatic carbocycles. The molecule has 39 heavy (non-hydrogen) atoms. The summed E-state index contributed by atoms with van der Waals surface area (Å²) < 4.78 is 0. The van der Waals surface area contributed by atoms with Crippen molar-refractivity contribution in [3.63, 3.8) is 0 Å². The van der Waals surface area contributed by atoms with Gasteiger partial charge in [-0.1, -0.05) is 84.7 Å². The fraction of sp³-hybridized carbons (Fsp3) is 0.676. The summed E-state index contributed by atoms with van der Waals surface area (Å²) in [5.74, 6) is 5.08. The van der Waals surface area contributed by atoms with E-state index in [4.69, 9.17) is 6.42 Å². The molecular formula is C37H61NO. The number of anilines is 1. The van der Waals surface area contributed by atoms with E-state index in [1.807, 2.05) is 27.7 Å². The second-order valence-corrected chi connectivity index (χ2v) is 13.1. The molecular weight excluding hydrogens is 474 g/mol. The number of allylic oxidation sites excluding steroid dienone is 2. The van der Waals surface area contributed by atoms with Crippen LogP contribution in [0.4, 0.5) is 5.69 Å². The highest BCUT2D eigenvalue weighted by Gasteiger charge is 2.59. The van der Waals surface area contributed by atoms with Crippen LogP contribution >= 0.6 is 0 Å². The maximum absolute atomic E-state index is 11.1. The normalized spacial score (nSPS) is 29.0. The summed E-state index contributed by atoms with van der Waals surface area (Å²) in [6, 6.07) is 9.22. The molecule has 0 radical (unpaired) electrons. The highest BCUT2D eigenvalue weighted by molar-refractivity contribution is 5.47. The summed E-state index contributed by atoms with van der Waals surface area (Å²) in [6.07, 6.45) is 11.2. The Morgan fingerprint density at radius 2 is 1.69 bits per heavy atom. The monoisotopic (exact) mass is 535 g/mol. The number of aliphatic hydroxyl groups is 1. The van der Waals surface area contributed by atoms with E-state index in [-0.39, 0.29) is 16.9 Å². The molecule has 0 amide bonds. The quantitative estimate of drug-likeness (QED) is 0.264. The number of hydrogen-bond donors (Lipinski definition) is 1. The van der Waals surface area contributed by atoms with Gasteiger partial charge in [0.25, 0.3) is 0 Å². The number of benzene rings is 1. The van der Waals surface area contributed by atoms with Gasteiger partial charge in [0.15, 0.2) is 0 Å². The Morgan fingerprint density at radius 1 is 1.15 bits per heavy atom. The van der Waals surface area contributed by atoms with E-state index in [1.54, 1.807) is 0 Å². The lowest BCUT2D eigenvalue weighted by atomic mass is 9.47. The molecule has 0 spiro atoms. The molecule has 0 heterocycles. The van der Waals surface area contributed by atoms with Gasteiger partial charge in [0.1, 0.15) is 0 Å². The van der Waals surface area contributed by atoms with E-state index < -0.39 is 0 Å². The van der Waals surface area contributed by atoms with Crippen LogP contribution in [0.25, 0.3) is 0 Å². The van der Waals surface area contributed by atoms with Crippen molar-refractivity contribution >= 4 is 5.69 Å². The summed E-state index contributed by atoms with van der Waals surface area (Å²) in [7, 11) is 4.20. The Kier molecular flexibility index (Phi) is 13.6. The summed E-state index contributed by atoms with van der Waals surface area (Å²) in [4.78, 5) is 2.17. The Labute approximate surface area is 243 Å². The smallest absolute Gasteiger partial charge is 0.0596 e. The van der Waals surface area contributed by atoms with Gasteiger partial charge < -0.3 is 10.0 Å². The van der Waals surface area contributed by atoms with E-state index in [1.165, 1.54) is 28.8 Å². The van der Waals surface area contributed by atoms with Crippen LogP contribution in [0, 0.1) is 46.8 Å². The minimum atomic E-state index is -0.183. The van der Waals surface area contributed by atoms with Crippen LogP contribution in [0.15, 0.2) is 48.6 Å². The van der Waals surface area contributed by atoms with Crippen molar-refractivity contribution in [3.05, 3.63) is 54.1 Å². The van der Waals surface area contributed by atoms with Crippen molar-refractivity contribution < 1.29 is 5.11 Å². The van der Waals surface area contributed by atoms with Gasteiger partial charge >= 0.3 is 0 Å². The van der Waals surface area contributed by atoms with E-state index in [9.17, 15) is 5.11 Å². The summed E-state index contributed by atoms with van der Waals surface area (Å²) >= 11 is 0. The predicted molar refractivity (Wildman–Crippen MR) is 174 cm³/mol. The molecule has 0 aliphatic heterocycles. The molecule has 220 valence electrons. The van der Waals surface area contributed by atoms with Crippen LogP contribution in [0.1, 0.15) is 112 Å². The van der Waals surface area contributed by atoms with Crippen LogP contribution in [0.3, 0.4) is 0 Å². The van der Waals surface area contributed by atoms with E-state index in [0.29, 0.717) is 29.6 Å². The van der Waals surface area contributed by atoms with E-state index in [2.05, 4.69) is 97.0 Å². The molecule has 2 aliphatic rings. The van der Waals surface area contributed by atoms with Crippen LogP contribution in [-0.4, -0.2) is 25.3 Å². The summed E-state index contributed by atoms with van der Waals surface area (Å²) in [5.41, 5.74) is 5.29. The van der Waals surface area contributed by atoms with Crippen LogP contribution < -0.4 is 4.90 Å². The Hall–Kier alpha value is -1.98. The second-order valence-electron chi connectivity index (χ2n) is 13.1. The summed E-state index contributed by atoms with van der Waals surface area (Å²) in [6.45, 7) is 28.3. The van der Waals surface area contributed by atoms with Gasteiger partial charge in [-0.3, -0.25) is 0 Å². The van der Waals surface area contributed by atoms with Crippen molar-refractivity contribution in [1.29, 1.82) is 0 Å². The first kappa shape index (κ1) is 35.0. The highest BCUT2D eigenvalue weighted by atomic mass is 16.3. The van der Waals surface area contributed by atoms with Crippen LogP contribution in [-0.2, 0) is 0 Å². The molecule has 0 aromatic heterocycles. The number of nitrogens with zero attached hydrogens (tertiary/aromatic N) is 1. The minimum Gasteiger partial charge on any atom is -0.393 e. The molecule has 1 N–H and O–H groups in total. The number of terminal acetylenes is 1. The number of hydrogen-bond acceptors (Lipinski definition) is 2. The average molecular weight is 536 g/mol. The van der Waals surface area contributed by atoms with Crippen molar-refractivity contribution in [2.45, 2.75) is 113 Å². The third-order valence-electron chi connectivity index (χ3n) is 9.85. The molecule has 3 rings (SSSR count). The maximum atomic E-state index is 11.1. The summed E-state index contributed by atoms with van der Waals surface area (Å²) in [5, 5.41) is 11.1. The van der Waals surface area contributed by atoms with Crippen molar-refractivity contribution in [2.24, 2.45) is 34.5 Å². The van der Waals surface area contributed by atoms with E-state index in [0.717, 1.165) is 32.1 Å². The first-order valence-corrected chi connectivity index (χ1v) is 15.4. The van der Waals surface area contributed by atoms with Gasteiger partial charge in [0, 0.05) is 25.7 Å². The van der Waals surface area contributed by atoms with Gasteiger partial charge in [0.2, 0.25) is 0 Å². The Balaban J connectivity index is 0.000000975. The molecule has 0 saturated heterocycles. The molecule has 2 aliphatic carbocycles. The zero-order valence-corrected chi connectivity index (χ0v) is 27.4. The molecule has 2 fully saturated rings. The van der Waals surface area contributed by atoms with Gasteiger partial charge in [-0.15, -0.1) is 18.9 Å². The Bertz CT molecular complexity index is 951. The molecule has 2 saturated carbocycles. The third kappa shape index (κ3) is 8.04. The predicted octanol–water partition coefficient (Wildman–Crippen LogP) is 9.90. The largest absolute Gasteiger partial charge is 0.393 e. The van der Waals surface area contributed by atoms with Gasteiger partial charge in [-0.05, 0) is 98.1 Å². The van der Waals surface area contributed by atoms with Crippen LogP contribution in [0.2, 0.25) is 0 Å². The molecule has 0 bridgehead atoms. The third-order valence-corrected chi connectivity index (χ3v) is 9.85. The molecule has 2 heteroatoms. The number of aliphatic hydroxyl groups excluding tert-OH is 1. The van der Waals surface area contributed by atoms with Crippen LogP contribution in [0.5, 0.6) is 0 Å². The van der Waals surface area contributed by atoms with Crippen molar-refractivity contribution in [2.75, 3.05) is 19.0 Å². The van der Waals surface area contributed by atoms with Crippen molar-refractivity contribution in [1.82, 2.24) is 0 Å². The standard InChI is InChI=1S/C30H47NO.C5H8.C2H6/c1-10-24-26-15-16-27(32)30(26,7)19-25(22-11-13-23(14-12-22)31(8)9)28(24)29(6,21(4)5)18-17-20(2)3;1-4-5(2)3;1-2/h11-14,24-28,32H,2,4,10,15-19H2,1,3,5-9H3;1,5H,2-3H3;1-2H3. The zero-order chi connectivity index (χ0) is 30.1. The topological polar surface area (TPSA) is 23.5 Å². The Morgan fingerprint density at radius 3 is 2.10 bits per heavy atom. The molecule has 7 atom stereocenters. The minimum absolute atomic E-state index is 0.00635. The lowest BCUT2D eigenvalue weighted by Crippen LogP contribution is -2.51. The fourth-order valence-corrected chi connectivity index (χ4v) is 7.32. The number of rotatable bonds is 8. The van der Waals surface area contributed by atoms with E-state index >= 15 is 0 Å². The first-order valence-electron chi connectivity index (χ1n) is 15.4. The molecule has 7 unspecified atom stereocenters. The molecule has 2 nitrogen and oxygen atoms in total. The lowest BCUT2D eigenvalue weighted by Gasteiger charge is -2.57. The van der Waals surface area contributed by atoms with Gasteiger partial charge in [-0.25, -0.2) is 0 Å². The highest BCUT2D eigenvalue weighted by Crippen LogP contribution is 2.65. The fourth-order valence-electron chi connectivity index (χ4n) is 7.32. The maximum Gasteiger partial charge on any atom is 0.0596 e. The lowest BCUT2D eigenvalue weighted by molar-refractivity contribution is -0.0734. The average Bonchev–Trinajstić information content (AvgIpc) is 3.21. The molecule has 1 aromatic rings. The van der Waals surface area contributed by atoms with Gasteiger partial charge in [-0.2, -0.15) is 0 Å². The number of fused-ring (bicyclic) bond motifs is 1. The SMILES string of the molecule is C#CC(C)C.C=C(C)CCC(C)(C(=C)C)C1C(c2ccc(N(C)C)cc2)CC2(C)C(O)CCC2C1CC.CC. The first-order chi connectivity index (χ1) is 18.2. The van der Waals surface area contributed by atoms with Gasteiger partial charge in [0.05, 0.1) is 6.10 Å². The zero-order valence-electron chi connectivity index (χ0n) is 27.4.